The van der Waals surface area contributed by atoms with Crippen LogP contribution in [0.25, 0.3) is 11.1 Å². The van der Waals surface area contributed by atoms with Gasteiger partial charge in [-0.05, 0) is 53.6 Å². The van der Waals surface area contributed by atoms with Gasteiger partial charge in [-0.25, -0.2) is 4.68 Å². The van der Waals surface area contributed by atoms with E-state index in [2.05, 4.69) is 16.3 Å². The van der Waals surface area contributed by atoms with E-state index in [-0.39, 0.29) is 0 Å². The van der Waals surface area contributed by atoms with Gasteiger partial charge in [0.1, 0.15) is 12.7 Å². The molecule has 1 heterocycles. The van der Waals surface area contributed by atoms with Crippen LogP contribution in [0.1, 0.15) is 11.1 Å². The van der Waals surface area contributed by atoms with Crippen LogP contribution in [0.4, 0.5) is 11.4 Å². The molecule has 0 radical (unpaired) electrons. The molecule has 0 spiro atoms. The molecular weight excluding hydrogens is 384 g/mol. The van der Waals surface area contributed by atoms with Crippen LogP contribution in [0.15, 0.2) is 79.4 Å². The molecule has 0 aliphatic heterocycles. The van der Waals surface area contributed by atoms with Gasteiger partial charge in [-0.1, -0.05) is 35.9 Å². The van der Waals surface area contributed by atoms with Gasteiger partial charge in [0.15, 0.2) is 0 Å². The number of nitriles is 1. The Morgan fingerprint density at radius 2 is 1.66 bits per heavy atom. The number of nitrogen functional groups attached to an aromatic ring is 1. The molecule has 6 nitrogen and oxygen atoms in total. The van der Waals surface area contributed by atoms with Crippen molar-refractivity contribution in [2.75, 3.05) is 10.7 Å². The molecule has 2 N–H and O–H groups in total. The average Bonchev–Trinajstić information content (AvgIpc) is 3.28. The van der Waals surface area contributed by atoms with E-state index in [0.29, 0.717) is 22.8 Å². The summed E-state index contributed by atoms with van der Waals surface area (Å²) >= 11 is 6.02. The predicted molar refractivity (Wildman–Crippen MR) is 114 cm³/mol. The van der Waals surface area contributed by atoms with Crippen molar-refractivity contribution < 1.29 is 0 Å². The Kier molecular flexibility index (Phi) is 5.14. The molecule has 0 bridgehead atoms. The summed E-state index contributed by atoms with van der Waals surface area (Å²) in [7, 11) is 0. The minimum atomic E-state index is 0.574. The Balaban J connectivity index is 1.78. The van der Waals surface area contributed by atoms with Crippen molar-refractivity contribution in [1.82, 2.24) is 14.9 Å². The Labute approximate surface area is 173 Å². The van der Waals surface area contributed by atoms with Gasteiger partial charge in [0.2, 0.25) is 0 Å². The zero-order valence-corrected chi connectivity index (χ0v) is 16.2. The number of benzene rings is 3. The summed E-state index contributed by atoms with van der Waals surface area (Å²) in [4.78, 5) is 0. The molecule has 0 unspecified atom stereocenters. The van der Waals surface area contributed by atoms with Crippen molar-refractivity contribution >= 4 is 23.0 Å². The molecule has 3 aromatic carbocycles. The SMILES string of the molecule is N#Cc1ccc(N(Cc2ccc(N)cc2)n2cnnc2)cc1-c1ccc(Cl)cc1. The molecule has 7 heteroatoms. The summed E-state index contributed by atoms with van der Waals surface area (Å²) in [5, 5.41) is 20.1. The highest BCUT2D eigenvalue weighted by Crippen LogP contribution is 2.30. The second-order valence-corrected chi connectivity index (χ2v) is 6.93. The minimum Gasteiger partial charge on any atom is -0.399 e. The Hall–Kier alpha value is -3.82. The third-order valence-electron chi connectivity index (χ3n) is 4.57. The lowest BCUT2D eigenvalue weighted by Crippen LogP contribution is -2.27. The second-order valence-electron chi connectivity index (χ2n) is 6.49. The van der Waals surface area contributed by atoms with Crippen LogP contribution in [0.5, 0.6) is 0 Å². The molecule has 0 saturated heterocycles. The summed E-state index contributed by atoms with van der Waals surface area (Å²) in [6.45, 7) is 0.574. The van der Waals surface area contributed by atoms with E-state index in [9.17, 15) is 5.26 Å². The van der Waals surface area contributed by atoms with Gasteiger partial charge in [0.05, 0.1) is 23.9 Å². The third-order valence-corrected chi connectivity index (χ3v) is 4.83. The van der Waals surface area contributed by atoms with E-state index in [4.69, 9.17) is 17.3 Å². The van der Waals surface area contributed by atoms with Crippen molar-refractivity contribution in [3.05, 3.63) is 95.5 Å². The van der Waals surface area contributed by atoms with Crippen molar-refractivity contribution in [2.45, 2.75) is 6.54 Å². The smallest absolute Gasteiger partial charge is 0.139 e. The number of hydrogen-bond acceptors (Lipinski definition) is 5. The summed E-state index contributed by atoms with van der Waals surface area (Å²) in [5.41, 5.74) is 10.8. The monoisotopic (exact) mass is 400 g/mol. The van der Waals surface area contributed by atoms with Crippen molar-refractivity contribution in [3.63, 3.8) is 0 Å². The van der Waals surface area contributed by atoms with Crippen LogP contribution in [-0.2, 0) is 6.54 Å². The van der Waals surface area contributed by atoms with Crippen molar-refractivity contribution in [3.8, 4) is 17.2 Å². The maximum absolute atomic E-state index is 9.58. The number of aromatic nitrogens is 3. The summed E-state index contributed by atoms with van der Waals surface area (Å²) in [6, 6.07) is 23.1. The first-order valence-corrected chi connectivity index (χ1v) is 9.29. The van der Waals surface area contributed by atoms with Gasteiger partial charge in [-0.15, -0.1) is 10.2 Å². The first-order chi connectivity index (χ1) is 14.1. The van der Waals surface area contributed by atoms with E-state index in [1.54, 1.807) is 12.7 Å². The average molecular weight is 401 g/mol. The van der Waals surface area contributed by atoms with Crippen LogP contribution >= 0.6 is 11.6 Å². The highest BCUT2D eigenvalue weighted by atomic mass is 35.5. The first-order valence-electron chi connectivity index (χ1n) is 8.91. The molecule has 4 rings (SSSR count). The molecule has 29 heavy (non-hydrogen) atoms. The largest absolute Gasteiger partial charge is 0.399 e. The number of nitrogens with two attached hydrogens (primary N) is 1. The fraction of sp³-hybridized carbons (Fsp3) is 0.0455. The van der Waals surface area contributed by atoms with Crippen LogP contribution in [0.2, 0.25) is 5.02 Å². The Morgan fingerprint density at radius 1 is 0.966 bits per heavy atom. The van der Waals surface area contributed by atoms with E-state index in [1.165, 1.54) is 0 Å². The highest BCUT2D eigenvalue weighted by Gasteiger charge is 2.14. The van der Waals surface area contributed by atoms with Gasteiger partial charge < -0.3 is 5.73 Å². The van der Waals surface area contributed by atoms with E-state index >= 15 is 0 Å². The third kappa shape index (κ3) is 4.05. The zero-order valence-electron chi connectivity index (χ0n) is 15.4. The lowest BCUT2D eigenvalue weighted by molar-refractivity contribution is 0.686. The minimum absolute atomic E-state index is 0.574. The number of halogens is 1. The van der Waals surface area contributed by atoms with E-state index in [1.807, 2.05) is 76.4 Å². The summed E-state index contributed by atoms with van der Waals surface area (Å²) in [5.74, 6) is 0. The quantitative estimate of drug-likeness (QED) is 0.498. The molecule has 0 atom stereocenters. The van der Waals surface area contributed by atoms with Crippen LogP contribution in [-0.4, -0.2) is 14.9 Å². The van der Waals surface area contributed by atoms with Crippen LogP contribution in [0, 0.1) is 11.3 Å². The van der Waals surface area contributed by atoms with E-state index in [0.717, 1.165) is 22.4 Å². The lowest BCUT2D eigenvalue weighted by atomic mass is 9.99. The zero-order chi connectivity index (χ0) is 20.2. The molecule has 142 valence electrons. The fourth-order valence-corrected chi connectivity index (χ4v) is 3.21. The molecule has 0 saturated carbocycles. The Morgan fingerprint density at radius 3 is 2.31 bits per heavy atom. The highest BCUT2D eigenvalue weighted by molar-refractivity contribution is 6.30. The number of anilines is 2. The molecule has 0 aliphatic carbocycles. The van der Waals surface area contributed by atoms with E-state index < -0.39 is 0 Å². The normalized spacial score (nSPS) is 10.5. The molecule has 0 amide bonds. The van der Waals surface area contributed by atoms with Crippen molar-refractivity contribution in [2.24, 2.45) is 0 Å². The molecule has 0 aliphatic rings. The van der Waals surface area contributed by atoms with Gasteiger partial charge in [-0.2, -0.15) is 5.26 Å². The molecule has 4 aromatic rings. The fourth-order valence-electron chi connectivity index (χ4n) is 3.08. The number of rotatable bonds is 5. The Bertz CT molecular complexity index is 1150. The summed E-state index contributed by atoms with van der Waals surface area (Å²) < 4.78 is 1.81. The standard InChI is InChI=1S/C22H17ClN6/c23-19-6-3-17(4-7-19)22-11-21(10-5-18(22)12-24)29(28-14-26-27-15-28)13-16-1-8-20(25)9-2-16/h1-11,14-15H,13,25H2. The van der Waals surface area contributed by atoms with Gasteiger partial charge in [-0.3, -0.25) is 5.01 Å². The maximum Gasteiger partial charge on any atom is 0.139 e. The number of hydrogen-bond donors (Lipinski definition) is 1. The summed E-state index contributed by atoms with van der Waals surface area (Å²) in [6.07, 6.45) is 3.27. The predicted octanol–water partition coefficient (Wildman–Crippen LogP) is 4.52. The second kappa shape index (κ2) is 8.05. The molecule has 0 fully saturated rings. The topological polar surface area (TPSA) is 83.8 Å². The number of nitrogens with zero attached hydrogens (tertiary/aromatic N) is 5. The van der Waals surface area contributed by atoms with Gasteiger partial charge in [0, 0.05) is 16.3 Å². The van der Waals surface area contributed by atoms with Crippen LogP contribution in [0.3, 0.4) is 0 Å². The van der Waals surface area contributed by atoms with Gasteiger partial charge in [0.25, 0.3) is 0 Å². The van der Waals surface area contributed by atoms with Crippen molar-refractivity contribution in [1.29, 1.82) is 5.26 Å². The maximum atomic E-state index is 9.58. The molecule has 1 aromatic heterocycles. The van der Waals surface area contributed by atoms with Crippen LogP contribution < -0.4 is 10.7 Å². The van der Waals surface area contributed by atoms with Gasteiger partial charge >= 0.3 is 0 Å². The molecular formula is C22H17ClN6. The first kappa shape index (κ1) is 18.5. The lowest BCUT2D eigenvalue weighted by Gasteiger charge is -2.26.